The van der Waals surface area contributed by atoms with E-state index in [1.54, 1.807) is 12.2 Å². The second-order valence-electron chi connectivity index (χ2n) is 4.99. The topological polar surface area (TPSA) is 77.8 Å². The fraction of sp³-hybridized carbons (Fsp3) is 0.650. The molecular formula is C20H34O4. The van der Waals surface area contributed by atoms with Gasteiger partial charge in [0.25, 0.3) is 0 Å². The summed E-state index contributed by atoms with van der Waals surface area (Å²) in [6, 6.07) is 0. The lowest BCUT2D eigenvalue weighted by molar-refractivity contribution is -0.137. The molecule has 0 radical (unpaired) electrons. The maximum atomic E-state index is 10.4. The highest BCUT2D eigenvalue weighted by atomic mass is 16.4. The van der Waals surface area contributed by atoms with Gasteiger partial charge < -0.3 is 15.3 Å². The summed E-state index contributed by atoms with van der Waals surface area (Å²) in [6.45, 7) is -3.55. The molecule has 0 saturated heterocycles. The SMILES string of the molecule is [2H]C([2H])([2H])C([2H])([2H])C([2H])([2H])C([2H])([2H])C([2H])([2H])/C=C\C[C@@H](O)[C@@H](O)C/C=C\C/C=C\CCCC(=O)O. The monoisotopic (exact) mass is 349 g/mol. The Labute approximate surface area is 162 Å². The smallest absolute Gasteiger partial charge is 0.303 e. The van der Waals surface area contributed by atoms with E-state index in [9.17, 15) is 15.0 Å². The summed E-state index contributed by atoms with van der Waals surface area (Å²) in [5.74, 6) is -0.854. The summed E-state index contributed by atoms with van der Waals surface area (Å²) < 4.78 is 83.7. The molecule has 0 unspecified atom stereocenters. The summed E-state index contributed by atoms with van der Waals surface area (Å²) in [6.07, 6.45) is -6.64. The average molecular weight is 350 g/mol. The maximum Gasteiger partial charge on any atom is 0.303 e. The first-order valence-corrected chi connectivity index (χ1v) is 7.78. The zero-order chi connectivity index (χ0) is 27.7. The number of rotatable bonds is 15. The number of unbranched alkanes of at least 4 members (excludes halogenated alkanes) is 1. The van der Waals surface area contributed by atoms with Gasteiger partial charge in [-0.15, -0.1) is 0 Å². The number of carboxylic acids is 1. The Morgan fingerprint density at radius 3 is 2.38 bits per heavy atom. The summed E-state index contributed by atoms with van der Waals surface area (Å²) >= 11 is 0. The van der Waals surface area contributed by atoms with E-state index >= 15 is 0 Å². The zero-order valence-electron chi connectivity index (χ0n) is 24.6. The van der Waals surface area contributed by atoms with Gasteiger partial charge in [-0.05, 0) is 44.8 Å². The number of hydrogen-bond donors (Lipinski definition) is 3. The van der Waals surface area contributed by atoms with Crippen LogP contribution in [0.25, 0.3) is 0 Å². The summed E-state index contributed by atoms with van der Waals surface area (Å²) in [4.78, 5) is 10.4. The molecule has 0 amide bonds. The molecule has 4 nitrogen and oxygen atoms in total. The van der Waals surface area contributed by atoms with E-state index in [1.807, 2.05) is 12.2 Å². The van der Waals surface area contributed by atoms with Gasteiger partial charge in [-0.1, -0.05) is 56.1 Å². The zero-order valence-corrected chi connectivity index (χ0v) is 13.6. The highest BCUT2D eigenvalue weighted by Crippen LogP contribution is 2.07. The molecule has 0 heterocycles. The van der Waals surface area contributed by atoms with E-state index in [2.05, 4.69) is 0 Å². The van der Waals surface area contributed by atoms with Crippen LogP contribution in [0, 0.1) is 0 Å². The highest BCUT2D eigenvalue weighted by molar-refractivity contribution is 5.66. The second kappa shape index (κ2) is 16.5. The molecule has 0 aromatic heterocycles. The van der Waals surface area contributed by atoms with Crippen molar-refractivity contribution in [3.05, 3.63) is 36.5 Å². The molecule has 4 heteroatoms. The van der Waals surface area contributed by atoms with Crippen LogP contribution in [0.5, 0.6) is 0 Å². The van der Waals surface area contributed by atoms with Crippen LogP contribution < -0.4 is 0 Å². The Bertz CT molecular complexity index is 759. The third kappa shape index (κ3) is 15.5. The maximum absolute atomic E-state index is 10.4. The molecule has 138 valence electrons. The third-order valence-corrected chi connectivity index (χ3v) is 2.96. The van der Waals surface area contributed by atoms with Crippen molar-refractivity contribution >= 4 is 5.97 Å². The van der Waals surface area contributed by atoms with Crippen LogP contribution in [0.4, 0.5) is 0 Å². The number of aliphatic hydroxyl groups excluding tert-OH is 2. The van der Waals surface area contributed by atoms with Crippen LogP contribution in [-0.4, -0.2) is 33.5 Å². The van der Waals surface area contributed by atoms with Crippen molar-refractivity contribution in [2.45, 2.75) is 83.1 Å². The first-order chi connectivity index (χ1) is 15.7. The molecule has 0 bridgehead atoms. The van der Waals surface area contributed by atoms with E-state index in [4.69, 9.17) is 20.2 Å². The Kier molecular flexibility index (Phi) is 6.81. The Balaban J connectivity index is 4.91. The quantitative estimate of drug-likeness (QED) is 0.303. The summed E-state index contributed by atoms with van der Waals surface area (Å²) in [5.41, 5.74) is 0. The first kappa shape index (κ1) is 9.93. The minimum Gasteiger partial charge on any atom is -0.481 e. The fourth-order valence-corrected chi connectivity index (χ4v) is 1.69. The molecule has 0 rings (SSSR count). The largest absolute Gasteiger partial charge is 0.481 e. The van der Waals surface area contributed by atoms with Gasteiger partial charge in [-0.25, -0.2) is 0 Å². The number of carboxylic acid groups (broad SMARTS) is 1. The third-order valence-electron chi connectivity index (χ3n) is 2.96. The van der Waals surface area contributed by atoms with E-state index in [-0.39, 0.29) is 19.3 Å². The van der Waals surface area contributed by atoms with Crippen LogP contribution >= 0.6 is 0 Å². The molecule has 0 fully saturated rings. The van der Waals surface area contributed by atoms with Gasteiger partial charge in [-0.2, -0.15) is 0 Å². The van der Waals surface area contributed by atoms with Gasteiger partial charge in [0.05, 0.1) is 12.2 Å². The van der Waals surface area contributed by atoms with Gasteiger partial charge in [0.2, 0.25) is 0 Å². The molecule has 3 N–H and O–H groups in total. The standard InChI is InChI=1S/C20H34O4/c1-2-3-4-5-9-12-15-18(21)19(22)16-13-10-7-6-8-11-14-17-20(23)24/h6,8-10,12-13,18-19,21-22H,2-5,7,11,14-17H2,1H3,(H,23,24)/b8-6-,12-9-,13-10-/t18-,19+/m1/s1/i1D3,2D2,3D2,4D2,5D2. The fourth-order valence-electron chi connectivity index (χ4n) is 1.69. The van der Waals surface area contributed by atoms with Crippen LogP contribution in [0.3, 0.4) is 0 Å². The van der Waals surface area contributed by atoms with Gasteiger partial charge in [0.1, 0.15) is 0 Å². The van der Waals surface area contributed by atoms with E-state index in [1.165, 1.54) is 0 Å². The molecule has 0 saturated carbocycles. The van der Waals surface area contributed by atoms with Crippen molar-refractivity contribution in [2.24, 2.45) is 0 Å². The minimum atomic E-state index is -3.74. The number of hydrogen-bond acceptors (Lipinski definition) is 3. The number of aliphatic hydroxyl groups is 2. The van der Waals surface area contributed by atoms with Gasteiger partial charge >= 0.3 is 5.97 Å². The van der Waals surface area contributed by atoms with E-state index in [0.717, 1.165) is 6.08 Å². The van der Waals surface area contributed by atoms with E-state index in [0.29, 0.717) is 25.3 Å². The lowest BCUT2D eigenvalue weighted by Crippen LogP contribution is -2.24. The van der Waals surface area contributed by atoms with Crippen molar-refractivity contribution in [1.29, 1.82) is 0 Å². The predicted molar refractivity (Wildman–Crippen MR) is 98.9 cm³/mol. The molecule has 0 aliphatic heterocycles. The van der Waals surface area contributed by atoms with Gasteiger partial charge in [-0.3, -0.25) is 4.79 Å². The number of aliphatic carboxylic acids is 1. The molecule has 2 atom stereocenters. The number of allylic oxidation sites excluding steroid dienone is 4. The molecule has 0 aliphatic rings. The first-order valence-electron chi connectivity index (χ1n) is 13.3. The average Bonchev–Trinajstić information content (AvgIpc) is 2.70. The highest BCUT2D eigenvalue weighted by Gasteiger charge is 2.12. The minimum absolute atomic E-state index is 0.0664. The van der Waals surface area contributed by atoms with Gasteiger partial charge in [0, 0.05) is 21.5 Å². The van der Waals surface area contributed by atoms with Crippen LogP contribution in [0.1, 0.15) is 85.9 Å². The van der Waals surface area contributed by atoms with Crippen LogP contribution in [0.2, 0.25) is 0 Å². The van der Waals surface area contributed by atoms with Crippen molar-refractivity contribution in [3.8, 4) is 0 Å². The molecule has 24 heavy (non-hydrogen) atoms. The summed E-state index contributed by atoms with van der Waals surface area (Å²) in [7, 11) is 0. The lowest BCUT2D eigenvalue weighted by atomic mass is 10.1. The van der Waals surface area contributed by atoms with Crippen molar-refractivity contribution < 1.29 is 35.2 Å². The van der Waals surface area contributed by atoms with Gasteiger partial charge in [0.15, 0.2) is 0 Å². The molecular weight excluding hydrogens is 304 g/mol. The molecule has 0 aromatic rings. The molecule has 0 aromatic carbocycles. The van der Waals surface area contributed by atoms with Crippen molar-refractivity contribution in [2.75, 3.05) is 0 Å². The normalized spacial score (nSPS) is 24.5. The Hall–Kier alpha value is -1.39. The Morgan fingerprint density at radius 1 is 1.04 bits per heavy atom. The predicted octanol–water partition coefficient (Wildman–Crippen LogP) is 4.38. The molecule has 0 spiro atoms. The summed E-state index contributed by atoms with van der Waals surface area (Å²) in [5, 5.41) is 28.6. The van der Waals surface area contributed by atoms with Crippen molar-refractivity contribution in [3.63, 3.8) is 0 Å². The Morgan fingerprint density at radius 2 is 1.71 bits per heavy atom. The van der Waals surface area contributed by atoms with Crippen LogP contribution in [0.15, 0.2) is 36.5 Å². The molecule has 0 aliphatic carbocycles. The number of carbonyl (C=O) groups is 1. The van der Waals surface area contributed by atoms with Crippen LogP contribution in [-0.2, 0) is 4.79 Å². The second-order valence-corrected chi connectivity index (χ2v) is 4.99. The van der Waals surface area contributed by atoms with Crippen molar-refractivity contribution in [1.82, 2.24) is 0 Å². The van der Waals surface area contributed by atoms with E-state index < -0.39 is 50.5 Å². The lowest BCUT2D eigenvalue weighted by Gasteiger charge is -2.14.